The molecule has 4 aliphatic heterocycles. The molecule has 0 radical (unpaired) electrons. The molecule has 8 nitrogen and oxygen atoms in total. The fourth-order valence-electron chi connectivity index (χ4n) is 6.22. The third kappa shape index (κ3) is 3.70. The number of aliphatic hydroxyl groups is 1. The summed E-state index contributed by atoms with van der Waals surface area (Å²) in [5, 5.41) is 10.1. The summed E-state index contributed by atoms with van der Waals surface area (Å²) in [6.07, 6.45) is 11.9. The number of carbonyl (C=O) groups is 3. The van der Waals surface area contributed by atoms with Crippen LogP contribution in [0.5, 0.6) is 0 Å². The number of ether oxygens (including phenoxy) is 2. The zero-order valence-electron chi connectivity index (χ0n) is 20.6. The largest absolute Gasteiger partial charge is 0.465 e. The van der Waals surface area contributed by atoms with Crippen molar-refractivity contribution in [1.82, 2.24) is 9.80 Å². The number of unbranched alkanes of at least 4 members (excludes halogenated alkanes) is 1. The lowest BCUT2D eigenvalue weighted by Crippen LogP contribution is -2.58. The Labute approximate surface area is 201 Å². The first-order valence-electron chi connectivity index (χ1n) is 12.8. The molecule has 2 saturated heterocycles. The number of cyclic esters (lactones) is 1. The van der Waals surface area contributed by atoms with Crippen LogP contribution >= 0.6 is 0 Å². The number of hydrogen-bond donors (Lipinski definition) is 1. The molecule has 1 N–H and O–H groups in total. The number of fused-ring (bicyclic) bond motifs is 2. The molecular formula is C26H38N2O6. The molecule has 0 bridgehead atoms. The number of nitrogens with zero attached hydrogens (tertiary/aromatic N) is 2. The standard InChI is InChI=1S/C26H38N2O6/c1-4-7-14-27-15-11-13-26-19(22(30)28(18(5-2)17-29)21(26)23(27)31)20-24(32)33-16-10-8-9-12-25(20,6-3)34-26/h9,11-13,18-21,29H,4-8,10,14-17H2,1-3H3/b12-9-/t18-,19-,20-,21?,25+,26-/m0/s1. The van der Waals surface area contributed by atoms with Crippen LogP contribution < -0.4 is 0 Å². The highest BCUT2D eigenvalue weighted by Gasteiger charge is 2.75. The maximum atomic E-state index is 14.1. The van der Waals surface area contributed by atoms with Gasteiger partial charge in [-0.3, -0.25) is 14.4 Å². The van der Waals surface area contributed by atoms with Crippen molar-refractivity contribution in [2.45, 2.75) is 82.6 Å². The molecule has 188 valence electrons. The second kappa shape index (κ2) is 9.82. The number of hydrogen-bond acceptors (Lipinski definition) is 6. The quantitative estimate of drug-likeness (QED) is 0.449. The Morgan fingerprint density at radius 1 is 1.12 bits per heavy atom. The molecule has 1 unspecified atom stereocenters. The van der Waals surface area contributed by atoms with Gasteiger partial charge in [-0.15, -0.1) is 0 Å². The minimum absolute atomic E-state index is 0.184. The van der Waals surface area contributed by atoms with Crippen LogP contribution in [0.4, 0.5) is 0 Å². The van der Waals surface area contributed by atoms with Crippen LogP contribution in [0.25, 0.3) is 0 Å². The van der Waals surface area contributed by atoms with Crippen molar-refractivity contribution < 1.29 is 29.0 Å². The maximum Gasteiger partial charge on any atom is 0.313 e. The van der Waals surface area contributed by atoms with E-state index in [0.717, 1.165) is 19.3 Å². The van der Waals surface area contributed by atoms with Gasteiger partial charge in [-0.25, -0.2) is 0 Å². The summed E-state index contributed by atoms with van der Waals surface area (Å²) in [6.45, 7) is 6.93. The first-order chi connectivity index (χ1) is 16.4. The highest BCUT2D eigenvalue weighted by atomic mass is 16.6. The number of carbonyl (C=O) groups excluding carboxylic acids is 3. The lowest BCUT2D eigenvalue weighted by Gasteiger charge is -2.40. The molecule has 6 atom stereocenters. The molecule has 8 heteroatoms. The molecule has 0 saturated carbocycles. The Kier molecular flexibility index (Phi) is 7.20. The SMILES string of the molecule is CCCCN1CC=C[C@]23O[C@]4(CC)/C=C\CCCOC(=O)[C@@H]4[C@H]2C(=O)N([C@@H](CC)CO)C3C1=O. The van der Waals surface area contributed by atoms with Crippen molar-refractivity contribution in [2.24, 2.45) is 11.8 Å². The van der Waals surface area contributed by atoms with Crippen LogP contribution in [0.15, 0.2) is 24.3 Å². The monoisotopic (exact) mass is 474 g/mol. The number of allylic oxidation sites excluding steroid dienone is 1. The van der Waals surface area contributed by atoms with Crippen molar-refractivity contribution in [2.75, 3.05) is 26.3 Å². The number of aliphatic hydroxyl groups excluding tert-OH is 1. The fraction of sp³-hybridized carbons (Fsp3) is 0.731. The number of amides is 2. The summed E-state index contributed by atoms with van der Waals surface area (Å²) in [6, 6.07) is -1.47. The minimum atomic E-state index is -1.29. The maximum absolute atomic E-state index is 14.1. The molecule has 0 aromatic rings. The fourth-order valence-corrected chi connectivity index (χ4v) is 6.22. The van der Waals surface area contributed by atoms with E-state index in [9.17, 15) is 19.5 Å². The number of likely N-dealkylation sites (tertiary alicyclic amines) is 1. The van der Waals surface area contributed by atoms with Crippen molar-refractivity contribution >= 4 is 17.8 Å². The van der Waals surface area contributed by atoms with Gasteiger partial charge in [-0.1, -0.05) is 51.5 Å². The Balaban J connectivity index is 1.89. The molecule has 4 rings (SSSR count). The van der Waals surface area contributed by atoms with E-state index in [1.165, 1.54) is 4.90 Å². The molecule has 0 aliphatic carbocycles. The minimum Gasteiger partial charge on any atom is -0.465 e. The van der Waals surface area contributed by atoms with Gasteiger partial charge >= 0.3 is 5.97 Å². The molecule has 0 aromatic heterocycles. The first-order valence-corrected chi connectivity index (χ1v) is 12.8. The van der Waals surface area contributed by atoms with Crippen LogP contribution in [0.1, 0.15) is 59.3 Å². The molecule has 4 aliphatic rings. The highest BCUT2D eigenvalue weighted by Crippen LogP contribution is 2.58. The smallest absolute Gasteiger partial charge is 0.313 e. The molecule has 2 amide bonds. The van der Waals surface area contributed by atoms with Gasteiger partial charge in [0.15, 0.2) is 0 Å². The van der Waals surface area contributed by atoms with Crippen molar-refractivity contribution in [3.05, 3.63) is 24.3 Å². The molecule has 1 spiro atoms. The van der Waals surface area contributed by atoms with Crippen molar-refractivity contribution in [3.8, 4) is 0 Å². The predicted octanol–water partition coefficient (Wildman–Crippen LogP) is 2.21. The predicted molar refractivity (Wildman–Crippen MR) is 126 cm³/mol. The third-order valence-electron chi connectivity index (χ3n) is 8.01. The Bertz CT molecular complexity index is 867. The van der Waals surface area contributed by atoms with Crippen molar-refractivity contribution in [1.29, 1.82) is 0 Å². The summed E-state index contributed by atoms with van der Waals surface area (Å²) in [7, 11) is 0. The topological polar surface area (TPSA) is 96.4 Å². The zero-order valence-corrected chi connectivity index (χ0v) is 20.6. The van der Waals surface area contributed by atoms with Crippen LogP contribution in [0.3, 0.4) is 0 Å². The van der Waals surface area contributed by atoms with Crippen molar-refractivity contribution in [3.63, 3.8) is 0 Å². The summed E-state index contributed by atoms with van der Waals surface area (Å²) in [5.41, 5.74) is -2.32. The van der Waals surface area contributed by atoms with Gasteiger partial charge in [0.1, 0.15) is 23.2 Å². The third-order valence-corrected chi connectivity index (χ3v) is 8.01. The van der Waals surface area contributed by atoms with E-state index < -0.39 is 41.1 Å². The summed E-state index contributed by atoms with van der Waals surface area (Å²) in [5.74, 6) is -2.70. The van der Waals surface area contributed by atoms with E-state index in [1.807, 2.05) is 38.2 Å². The lowest BCUT2D eigenvalue weighted by atomic mass is 9.73. The Morgan fingerprint density at radius 2 is 1.91 bits per heavy atom. The second-order valence-electron chi connectivity index (χ2n) is 9.86. The summed E-state index contributed by atoms with van der Waals surface area (Å²) >= 11 is 0. The average molecular weight is 475 g/mol. The van der Waals surface area contributed by atoms with Crippen LogP contribution in [-0.2, 0) is 23.9 Å². The average Bonchev–Trinajstić information content (AvgIpc) is 3.22. The molecule has 4 heterocycles. The van der Waals surface area contributed by atoms with Crippen LogP contribution in [-0.4, -0.2) is 82.3 Å². The van der Waals surface area contributed by atoms with E-state index in [1.54, 1.807) is 4.90 Å². The van der Waals surface area contributed by atoms with Crippen LogP contribution in [0, 0.1) is 11.8 Å². The van der Waals surface area contributed by atoms with E-state index in [-0.39, 0.29) is 25.0 Å². The van der Waals surface area contributed by atoms with E-state index in [2.05, 4.69) is 6.92 Å². The summed E-state index contributed by atoms with van der Waals surface area (Å²) in [4.78, 5) is 44.9. The van der Waals surface area contributed by atoms with E-state index >= 15 is 0 Å². The van der Waals surface area contributed by atoms with Gasteiger partial charge in [0.05, 0.1) is 25.2 Å². The highest BCUT2D eigenvalue weighted by molar-refractivity contribution is 5.99. The van der Waals surface area contributed by atoms with Gasteiger partial charge in [0.2, 0.25) is 11.8 Å². The number of esters is 1. The Hall–Kier alpha value is -2.19. The second-order valence-corrected chi connectivity index (χ2v) is 9.86. The normalized spacial score (nSPS) is 37.2. The summed E-state index contributed by atoms with van der Waals surface area (Å²) < 4.78 is 12.5. The van der Waals surface area contributed by atoms with Gasteiger partial charge < -0.3 is 24.4 Å². The van der Waals surface area contributed by atoms with Crippen LogP contribution in [0.2, 0.25) is 0 Å². The van der Waals surface area contributed by atoms with Gasteiger partial charge in [0, 0.05) is 13.1 Å². The van der Waals surface area contributed by atoms with Gasteiger partial charge in [-0.2, -0.15) is 0 Å². The lowest BCUT2D eigenvalue weighted by molar-refractivity contribution is -0.163. The molecular weight excluding hydrogens is 436 g/mol. The zero-order chi connectivity index (χ0) is 24.5. The van der Waals surface area contributed by atoms with Gasteiger partial charge in [0.25, 0.3) is 0 Å². The number of rotatable bonds is 7. The van der Waals surface area contributed by atoms with Gasteiger partial charge in [-0.05, 0) is 32.1 Å². The van der Waals surface area contributed by atoms with E-state index in [0.29, 0.717) is 32.4 Å². The Morgan fingerprint density at radius 3 is 2.59 bits per heavy atom. The first kappa shape index (κ1) is 24.9. The molecule has 34 heavy (non-hydrogen) atoms. The van der Waals surface area contributed by atoms with E-state index in [4.69, 9.17) is 9.47 Å². The molecule has 2 fully saturated rings. The molecule has 0 aromatic carbocycles.